The van der Waals surface area contributed by atoms with Gasteiger partial charge in [0.2, 0.25) is 0 Å². The van der Waals surface area contributed by atoms with Crippen LogP contribution in [-0.4, -0.2) is 5.78 Å². The smallest absolute Gasteiger partial charge is 0.160 e. The molecular formula is C14H18O. The summed E-state index contributed by atoms with van der Waals surface area (Å²) in [6.07, 6.45) is 3.55. The highest BCUT2D eigenvalue weighted by Gasteiger charge is 2.30. The normalized spacial score (nSPS) is 18.3. The van der Waals surface area contributed by atoms with Crippen molar-refractivity contribution in [1.82, 2.24) is 0 Å². The van der Waals surface area contributed by atoms with E-state index < -0.39 is 0 Å². The fourth-order valence-corrected chi connectivity index (χ4v) is 2.75. The number of ketones is 1. The molecule has 1 aromatic carbocycles. The number of rotatable bonds is 1. The van der Waals surface area contributed by atoms with Crippen molar-refractivity contribution in [2.24, 2.45) is 0 Å². The lowest BCUT2D eigenvalue weighted by Gasteiger charge is -2.34. The second kappa shape index (κ2) is 3.48. The molecule has 0 amide bonds. The maximum atomic E-state index is 11.6. The van der Waals surface area contributed by atoms with E-state index in [1.54, 1.807) is 6.92 Å². The third-order valence-electron chi connectivity index (χ3n) is 3.45. The highest BCUT2D eigenvalue weighted by atomic mass is 16.1. The maximum absolute atomic E-state index is 11.6. The van der Waals surface area contributed by atoms with Crippen LogP contribution >= 0.6 is 0 Å². The number of fused-ring (bicyclic) bond motifs is 1. The first kappa shape index (κ1) is 10.4. The highest BCUT2D eigenvalue weighted by molar-refractivity contribution is 5.96. The lowest BCUT2D eigenvalue weighted by molar-refractivity contribution is 0.101. The molecule has 0 aliphatic heterocycles. The Morgan fingerprint density at radius 2 is 2.07 bits per heavy atom. The Hall–Kier alpha value is -1.11. The van der Waals surface area contributed by atoms with Gasteiger partial charge < -0.3 is 0 Å². The Morgan fingerprint density at radius 1 is 1.33 bits per heavy atom. The zero-order valence-electron chi connectivity index (χ0n) is 9.76. The molecule has 80 valence electrons. The molecular weight excluding hydrogens is 184 g/mol. The standard InChI is InChI=1S/C14H18O/c1-10(15)12-8-4-6-11-7-5-9-14(2,3)13(11)12/h4,6,8H,5,7,9H2,1-3H3. The molecule has 0 spiro atoms. The van der Waals surface area contributed by atoms with Crippen LogP contribution in [0.4, 0.5) is 0 Å². The van der Waals surface area contributed by atoms with Gasteiger partial charge in [-0.25, -0.2) is 0 Å². The molecule has 0 unspecified atom stereocenters. The topological polar surface area (TPSA) is 17.1 Å². The van der Waals surface area contributed by atoms with Crippen molar-refractivity contribution >= 4 is 5.78 Å². The molecule has 15 heavy (non-hydrogen) atoms. The van der Waals surface area contributed by atoms with Crippen molar-refractivity contribution in [3.05, 3.63) is 34.9 Å². The quantitative estimate of drug-likeness (QED) is 0.637. The van der Waals surface area contributed by atoms with Gasteiger partial charge in [-0.1, -0.05) is 32.0 Å². The van der Waals surface area contributed by atoms with E-state index in [9.17, 15) is 4.79 Å². The molecule has 0 fully saturated rings. The summed E-state index contributed by atoms with van der Waals surface area (Å²) in [5.41, 5.74) is 3.76. The molecule has 1 nitrogen and oxygen atoms in total. The van der Waals surface area contributed by atoms with Gasteiger partial charge >= 0.3 is 0 Å². The van der Waals surface area contributed by atoms with Crippen LogP contribution in [0.15, 0.2) is 18.2 Å². The average molecular weight is 202 g/mol. The molecule has 2 rings (SSSR count). The fourth-order valence-electron chi connectivity index (χ4n) is 2.75. The lowest BCUT2D eigenvalue weighted by Crippen LogP contribution is -2.26. The molecule has 0 saturated carbocycles. The van der Waals surface area contributed by atoms with E-state index in [2.05, 4.69) is 19.9 Å². The van der Waals surface area contributed by atoms with E-state index in [1.165, 1.54) is 24.0 Å². The molecule has 1 heteroatoms. The summed E-state index contributed by atoms with van der Waals surface area (Å²) < 4.78 is 0. The Labute approximate surface area is 91.5 Å². The predicted octanol–water partition coefficient (Wildman–Crippen LogP) is 3.50. The first-order chi connectivity index (χ1) is 7.02. The van der Waals surface area contributed by atoms with Crippen molar-refractivity contribution in [2.45, 2.75) is 45.4 Å². The van der Waals surface area contributed by atoms with Gasteiger partial charge in [0.1, 0.15) is 0 Å². The average Bonchev–Trinajstić information content (AvgIpc) is 2.16. The highest BCUT2D eigenvalue weighted by Crippen LogP contribution is 2.38. The summed E-state index contributed by atoms with van der Waals surface area (Å²) >= 11 is 0. The van der Waals surface area contributed by atoms with E-state index >= 15 is 0 Å². The summed E-state index contributed by atoms with van der Waals surface area (Å²) in [5, 5.41) is 0. The SMILES string of the molecule is CC(=O)c1cccc2c1C(C)(C)CCC2. The van der Waals surface area contributed by atoms with Crippen molar-refractivity contribution in [1.29, 1.82) is 0 Å². The van der Waals surface area contributed by atoms with E-state index in [0.29, 0.717) is 0 Å². The van der Waals surface area contributed by atoms with Gasteiger partial charge in [-0.3, -0.25) is 4.79 Å². The summed E-state index contributed by atoms with van der Waals surface area (Å²) in [5.74, 6) is 0.196. The van der Waals surface area contributed by atoms with E-state index in [4.69, 9.17) is 0 Å². The molecule has 0 aromatic heterocycles. The number of Topliss-reactive ketones (excluding diaryl/α,β-unsaturated/α-hetero) is 1. The monoisotopic (exact) mass is 202 g/mol. The Kier molecular flexibility index (Phi) is 2.41. The molecule has 1 aliphatic carbocycles. The largest absolute Gasteiger partial charge is 0.295 e. The second-order valence-corrected chi connectivity index (χ2v) is 5.13. The zero-order valence-corrected chi connectivity index (χ0v) is 9.76. The van der Waals surface area contributed by atoms with Gasteiger partial charge in [-0.15, -0.1) is 0 Å². The van der Waals surface area contributed by atoms with E-state index in [1.807, 2.05) is 12.1 Å². The number of aryl methyl sites for hydroxylation is 1. The maximum Gasteiger partial charge on any atom is 0.160 e. The number of carbonyl (C=O) groups is 1. The van der Waals surface area contributed by atoms with Crippen molar-refractivity contribution in [3.8, 4) is 0 Å². The minimum absolute atomic E-state index is 0.163. The fraction of sp³-hybridized carbons (Fsp3) is 0.500. The van der Waals surface area contributed by atoms with Crippen molar-refractivity contribution in [3.63, 3.8) is 0 Å². The van der Waals surface area contributed by atoms with E-state index in [-0.39, 0.29) is 11.2 Å². The van der Waals surface area contributed by atoms with Crippen LogP contribution in [0, 0.1) is 0 Å². The third kappa shape index (κ3) is 1.71. The van der Waals surface area contributed by atoms with E-state index in [0.717, 1.165) is 12.0 Å². The molecule has 0 heterocycles. The van der Waals surface area contributed by atoms with Gasteiger partial charge in [-0.05, 0) is 42.7 Å². The minimum atomic E-state index is 0.163. The van der Waals surface area contributed by atoms with Gasteiger partial charge in [0, 0.05) is 5.56 Å². The molecule has 0 atom stereocenters. The molecule has 0 bridgehead atoms. The summed E-state index contributed by atoms with van der Waals surface area (Å²) in [6.45, 7) is 6.16. The number of carbonyl (C=O) groups excluding carboxylic acids is 1. The van der Waals surface area contributed by atoms with Crippen molar-refractivity contribution in [2.75, 3.05) is 0 Å². The van der Waals surface area contributed by atoms with Crippen LogP contribution < -0.4 is 0 Å². The summed E-state index contributed by atoms with van der Waals surface area (Å²) in [4.78, 5) is 11.6. The van der Waals surface area contributed by atoms with Crippen LogP contribution in [0.25, 0.3) is 0 Å². The van der Waals surface area contributed by atoms with Gasteiger partial charge in [0.05, 0.1) is 0 Å². The van der Waals surface area contributed by atoms with Gasteiger partial charge in [-0.2, -0.15) is 0 Å². The molecule has 1 aliphatic rings. The number of benzene rings is 1. The molecule has 1 aromatic rings. The van der Waals surface area contributed by atoms with Gasteiger partial charge in [0.25, 0.3) is 0 Å². The van der Waals surface area contributed by atoms with Crippen LogP contribution in [0.1, 0.15) is 55.1 Å². The zero-order chi connectivity index (χ0) is 11.1. The van der Waals surface area contributed by atoms with Crippen LogP contribution in [0.5, 0.6) is 0 Å². The minimum Gasteiger partial charge on any atom is -0.295 e. The summed E-state index contributed by atoms with van der Waals surface area (Å²) in [7, 11) is 0. The molecule has 0 N–H and O–H groups in total. The van der Waals surface area contributed by atoms with Gasteiger partial charge in [0.15, 0.2) is 5.78 Å². The third-order valence-corrected chi connectivity index (χ3v) is 3.45. The molecule has 0 saturated heterocycles. The molecule has 0 radical (unpaired) electrons. The predicted molar refractivity (Wildman–Crippen MR) is 62.4 cm³/mol. The lowest BCUT2D eigenvalue weighted by atomic mass is 9.70. The summed E-state index contributed by atoms with van der Waals surface area (Å²) in [6, 6.07) is 6.15. The Balaban J connectivity index is 2.65. The Morgan fingerprint density at radius 3 is 2.73 bits per heavy atom. The van der Waals surface area contributed by atoms with Crippen LogP contribution in [0.3, 0.4) is 0 Å². The number of hydrogen-bond acceptors (Lipinski definition) is 1. The Bertz CT molecular complexity index is 402. The number of hydrogen-bond donors (Lipinski definition) is 0. The van der Waals surface area contributed by atoms with Crippen LogP contribution in [0.2, 0.25) is 0 Å². The first-order valence-electron chi connectivity index (χ1n) is 5.66. The second-order valence-electron chi connectivity index (χ2n) is 5.13. The van der Waals surface area contributed by atoms with Crippen LogP contribution in [-0.2, 0) is 11.8 Å². The van der Waals surface area contributed by atoms with Crippen molar-refractivity contribution < 1.29 is 4.79 Å². The first-order valence-corrected chi connectivity index (χ1v) is 5.66.